The van der Waals surface area contributed by atoms with Gasteiger partial charge in [-0.15, -0.1) is 0 Å². The number of rotatable bonds is 12. The lowest BCUT2D eigenvalue weighted by molar-refractivity contribution is -0.139. The number of carbonyl (C=O) groups excluding carboxylic acids is 4. The van der Waals surface area contributed by atoms with Crippen molar-refractivity contribution in [3.8, 4) is 0 Å². The molecule has 1 saturated carbocycles. The highest BCUT2D eigenvalue weighted by molar-refractivity contribution is 5.97. The van der Waals surface area contributed by atoms with Gasteiger partial charge in [-0.05, 0) is 54.0 Å². The van der Waals surface area contributed by atoms with Crippen LogP contribution in [0.3, 0.4) is 0 Å². The number of fused-ring (bicyclic) bond motifs is 1. The summed E-state index contributed by atoms with van der Waals surface area (Å²) in [6.07, 6.45) is 3.65. The quantitative estimate of drug-likeness (QED) is 0.220. The molecule has 0 unspecified atom stereocenters. The van der Waals surface area contributed by atoms with Crippen LogP contribution in [0.1, 0.15) is 64.9 Å². The van der Waals surface area contributed by atoms with Crippen molar-refractivity contribution in [2.75, 3.05) is 0 Å². The summed E-state index contributed by atoms with van der Waals surface area (Å²) in [5.41, 5.74) is 6.15. The minimum Gasteiger partial charge on any atom is -0.368 e. The van der Waals surface area contributed by atoms with E-state index < -0.39 is 41.1 Å². The summed E-state index contributed by atoms with van der Waals surface area (Å²) in [5, 5.41) is 16.5. The van der Waals surface area contributed by atoms with Crippen LogP contribution in [-0.2, 0) is 24.7 Å². The molecule has 0 saturated heterocycles. The maximum atomic E-state index is 13.8. The van der Waals surface area contributed by atoms with Gasteiger partial charge in [-0.1, -0.05) is 69.5 Å². The zero-order valence-electron chi connectivity index (χ0n) is 21.8. The first-order valence-corrected chi connectivity index (χ1v) is 12.9. The number of amides is 4. The van der Waals surface area contributed by atoms with E-state index >= 15 is 0 Å². The van der Waals surface area contributed by atoms with Crippen LogP contribution in [0.15, 0.2) is 42.5 Å². The SMILES string of the molecule is CC(C)C[C@H](NC(=O)[C@@](C)(NC(=O)[C@@H](CC(=O)NO)CC1CCC1)c1ccc2ccccc2c1)C(N)=O. The topological polar surface area (TPSA) is 151 Å². The van der Waals surface area contributed by atoms with Gasteiger partial charge >= 0.3 is 0 Å². The number of carbonyl (C=O) groups is 4. The van der Waals surface area contributed by atoms with E-state index in [4.69, 9.17) is 10.9 Å². The monoisotopic (exact) mass is 510 g/mol. The number of hydroxylamine groups is 1. The van der Waals surface area contributed by atoms with Crippen molar-refractivity contribution in [2.24, 2.45) is 23.5 Å². The van der Waals surface area contributed by atoms with Crippen molar-refractivity contribution < 1.29 is 24.4 Å². The third-order valence-electron chi connectivity index (χ3n) is 7.28. The third-order valence-corrected chi connectivity index (χ3v) is 7.28. The molecule has 9 nitrogen and oxygen atoms in total. The van der Waals surface area contributed by atoms with Crippen molar-refractivity contribution in [3.05, 3.63) is 48.0 Å². The Morgan fingerprint density at radius 3 is 2.32 bits per heavy atom. The van der Waals surface area contributed by atoms with Crippen molar-refractivity contribution in [1.82, 2.24) is 16.1 Å². The van der Waals surface area contributed by atoms with Gasteiger partial charge < -0.3 is 16.4 Å². The summed E-state index contributed by atoms with van der Waals surface area (Å²) in [5.74, 6) is -2.68. The summed E-state index contributed by atoms with van der Waals surface area (Å²) in [4.78, 5) is 51.4. The number of hydrogen-bond donors (Lipinski definition) is 5. The van der Waals surface area contributed by atoms with Gasteiger partial charge in [-0.25, -0.2) is 5.48 Å². The summed E-state index contributed by atoms with van der Waals surface area (Å²) in [6.45, 7) is 5.43. The molecule has 200 valence electrons. The van der Waals surface area contributed by atoms with Gasteiger partial charge in [0.15, 0.2) is 0 Å². The molecular formula is C28H38N4O5. The van der Waals surface area contributed by atoms with E-state index in [1.165, 1.54) is 0 Å². The molecule has 1 aliphatic rings. The number of nitrogens with one attached hydrogen (secondary N) is 3. The molecule has 37 heavy (non-hydrogen) atoms. The highest BCUT2D eigenvalue weighted by Crippen LogP contribution is 2.34. The van der Waals surface area contributed by atoms with E-state index in [1.807, 2.05) is 50.2 Å². The molecule has 0 aromatic heterocycles. The molecular weight excluding hydrogens is 472 g/mol. The van der Waals surface area contributed by atoms with Gasteiger partial charge in [0.25, 0.3) is 5.91 Å². The van der Waals surface area contributed by atoms with Crippen LogP contribution in [0.4, 0.5) is 0 Å². The Balaban J connectivity index is 1.97. The Bertz CT molecular complexity index is 1150. The molecule has 0 aliphatic heterocycles. The molecule has 1 aliphatic carbocycles. The maximum Gasteiger partial charge on any atom is 0.250 e. The van der Waals surface area contributed by atoms with E-state index in [0.29, 0.717) is 24.3 Å². The molecule has 0 spiro atoms. The van der Waals surface area contributed by atoms with Crippen LogP contribution in [0.5, 0.6) is 0 Å². The molecule has 4 amide bonds. The van der Waals surface area contributed by atoms with E-state index in [1.54, 1.807) is 18.5 Å². The molecule has 6 N–H and O–H groups in total. The van der Waals surface area contributed by atoms with Gasteiger partial charge in [0.05, 0.1) is 0 Å². The molecule has 1 fully saturated rings. The number of nitrogens with two attached hydrogens (primary N) is 1. The lowest BCUT2D eigenvalue weighted by Gasteiger charge is -2.35. The zero-order valence-corrected chi connectivity index (χ0v) is 21.8. The highest BCUT2D eigenvalue weighted by Gasteiger charge is 2.41. The standard InChI is InChI=1S/C28H38N4O5/c1-17(2)13-23(25(29)34)30-27(36)28(3,22-12-11-19-9-4-5-10-20(19)15-22)31-26(35)21(16-24(33)32-37)14-18-7-6-8-18/h4-5,9-12,15,17-18,21,23,37H,6-8,13-14,16H2,1-3H3,(H2,29,34)(H,30,36)(H,31,35)(H,32,33)/t21-,23+,28+/m1/s1. The first-order valence-electron chi connectivity index (χ1n) is 12.9. The average Bonchev–Trinajstić information content (AvgIpc) is 2.83. The van der Waals surface area contributed by atoms with Gasteiger partial charge in [0.2, 0.25) is 17.7 Å². The Kier molecular flexibility index (Phi) is 9.26. The van der Waals surface area contributed by atoms with Gasteiger partial charge in [0, 0.05) is 12.3 Å². The van der Waals surface area contributed by atoms with Crippen LogP contribution in [0.25, 0.3) is 10.8 Å². The van der Waals surface area contributed by atoms with Crippen LogP contribution in [0, 0.1) is 17.8 Å². The number of primary amides is 1. The minimum absolute atomic E-state index is 0.100. The molecule has 9 heteroatoms. The number of hydrogen-bond acceptors (Lipinski definition) is 5. The van der Waals surface area contributed by atoms with Crippen LogP contribution in [-0.4, -0.2) is 34.9 Å². The molecule has 2 aromatic rings. The molecule has 0 radical (unpaired) electrons. The predicted molar refractivity (Wildman–Crippen MR) is 140 cm³/mol. The third kappa shape index (κ3) is 7.07. The van der Waals surface area contributed by atoms with Crippen molar-refractivity contribution in [1.29, 1.82) is 0 Å². The van der Waals surface area contributed by atoms with Crippen molar-refractivity contribution in [3.63, 3.8) is 0 Å². The fourth-order valence-corrected chi connectivity index (χ4v) is 4.81. The fourth-order valence-electron chi connectivity index (χ4n) is 4.81. The lowest BCUT2D eigenvalue weighted by Crippen LogP contribution is -2.59. The fraction of sp³-hybridized carbons (Fsp3) is 0.500. The molecule has 3 atom stereocenters. The Morgan fingerprint density at radius 2 is 1.76 bits per heavy atom. The summed E-state index contributed by atoms with van der Waals surface area (Å²) in [6, 6.07) is 12.2. The number of benzene rings is 2. The summed E-state index contributed by atoms with van der Waals surface area (Å²) >= 11 is 0. The summed E-state index contributed by atoms with van der Waals surface area (Å²) in [7, 11) is 0. The summed E-state index contributed by atoms with van der Waals surface area (Å²) < 4.78 is 0. The first kappa shape index (κ1) is 28.1. The zero-order chi connectivity index (χ0) is 27.2. The van der Waals surface area contributed by atoms with Crippen molar-refractivity contribution in [2.45, 2.75) is 70.9 Å². The minimum atomic E-state index is -1.56. The molecule has 3 rings (SSSR count). The predicted octanol–water partition coefficient (Wildman–Crippen LogP) is 2.89. The lowest BCUT2D eigenvalue weighted by atomic mass is 9.77. The Labute approximate surface area is 217 Å². The van der Waals surface area contributed by atoms with Crippen LogP contribution < -0.4 is 21.8 Å². The second-order valence-corrected chi connectivity index (χ2v) is 10.7. The molecule has 0 bridgehead atoms. The second kappa shape index (κ2) is 12.2. The Morgan fingerprint density at radius 1 is 1.08 bits per heavy atom. The maximum absolute atomic E-state index is 13.8. The second-order valence-electron chi connectivity index (χ2n) is 10.7. The van der Waals surface area contributed by atoms with Gasteiger partial charge in [-0.3, -0.25) is 24.4 Å². The first-order chi connectivity index (χ1) is 17.5. The highest BCUT2D eigenvalue weighted by atomic mass is 16.5. The largest absolute Gasteiger partial charge is 0.368 e. The van der Waals surface area contributed by atoms with E-state index in [-0.39, 0.29) is 12.3 Å². The van der Waals surface area contributed by atoms with Crippen LogP contribution >= 0.6 is 0 Å². The smallest absolute Gasteiger partial charge is 0.250 e. The average molecular weight is 511 g/mol. The van der Waals surface area contributed by atoms with E-state index in [9.17, 15) is 19.2 Å². The van der Waals surface area contributed by atoms with Gasteiger partial charge in [-0.2, -0.15) is 0 Å². The van der Waals surface area contributed by atoms with Crippen LogP contribution in [0.2, 0.25) is 0 Å². The van der Waals surface area contributed by atoms with E-state index in [0.717, 1.165) is 30.0 Å². The van der Waals surface area contributed by atoms with E-state index in [2.05, 4.69) is 10.6 Å². The van der Waals surface area contributed by atoms with Gasteiger partial charge in [0.1, 0.15) is 11.6 Å². The van der Waals surface area contributed by atoms with Crippen molar-refractivity contribution >= 4 is 34.4 Å². The molecule has 2 aromatic carbocycles. The normalized spacial score (nSPS) is 16.8. The Hall–Kier alpha value is -3.46. The molecule has 0 heterocycles.